The first kappa shape index (κ1) is 20.3. The number of nitrogens with one attached hydrogen (secondary N) is 1. The highest BCUT2D eigenvalue weighted by Gasteiger charge is 2.13. The summed E-state index contributed by atoms with van der Waals surface area (Å²) in [6.07, 6.45) is 1.07. The van der Waals surface area contributed by atoms with Gasteiger partial charge in [-0.05, 0) is 56.1 Å². The summed E-state index contributed by atoms with van der Waals surface area (Å²) < 4.78 is 7.53. The number of hydrogen-bond acceptors (Lipinski definition) is 6. The van der Waals surface area contributed by atoms with Crippen LogP contribution in [0.3, 0.4) is 0 Å². The van der Waals surface area contributed by atoms with Crippen LogP contribution in [0.25, 0.3) is 0 Å². The number of halogens is 3. The van der Waals surface area contributed by atoms with Gasteiger partial charge in [0, 0.05) is 10.5 Å². The van der Waals surface area contributed by atoms with Crippen LogP contribution in [-0.2, 0) is 4.79 Å². The smallest absolute Gasteiger partial charge is 0.278 e. The number of hydrogen-bond donors (Lipinski definition) is 2. The highest BCUT2D eigenvalue weighted by atomic mass is 79.9. The predicted molar refractivity (Wildman–Crippen MR) is 106 cm³/mol. The van der Waals surface area contributed by atoms with Crippen molar-refractivity contribution in [3.05, 3.63) is 59.4 Å². The Morgan fingerprint density at radius 2 is 1.92 bits per heavy atom. The summed E-state index contributed by atoms with van der Waals surface area (Å²) in [4.78, 5) is 22.1. The number of carbonyl (C=O) groups is 1. The third kappa shape index (κ3) is 5.51. The Morgan fingerprint density at radius 3 is 2.54 bits per heavy atom. The van der Waals surface area contributed by atoms with Crippen molar-refractivity contribution in [3.8, 4) is 11.5 Å². The molecule has 0 aliphatic rings. The van der Waals surface area contributed by atoms with Gasteiger partial charge in [0.15, 0.2) is 6.61 Å². The minimum absolute atomic E-state index is 0.0506. The molecule has 0 aliphatic heterocycles. The van der Waals surface area contributed by atoms with Gasteiger partial charge in [-0.2, -0.15) is 5.10 Å². The van der Waals surface area contributed by atoms with Crippen LogP contribution in [-0.4, -0.2) is 28.8 Å². The molecule has 8 nitrogen and oxygen atoms in total. The molecule has 0 unspecified atom stereocenters. The van der Waals surface area contributed by atoms with Gasteiger partial charge in [0.25, 0.3) is 11.6 Å². The van der Waals surface area contributed by atoms with Crippen molar-refractivity contribution in [2.75, 3.05) is 6.61 Å². The van der Waals surface area contributed by atoms with Crippen molar-refractivity contribution in [1.82, 2.24) is 5.43 Å². The van der Waals surface area contributed by atoms with Gasteiger partial charge >= 0.3 is 0 Å². The van der Waals surface area contributed by atoms with E-state index in [1.54, 1.807) is 12.1 Å². The molecular weight excluding hydrogens is 542 g/mol. The van der Waals surface area contributed by atoms with Gasteiger partial charge in [-0.3, -0.25) is 14.9 Å². The van der Waals surface area contributed by atoms with Gasteiger partial charge in [0.05, 0.1) is 25.6 Å². The van der Waals surface area contributed by atoms with Crippen LogP contribution in [0, 0.1) is 10.1 Å². The molecule has 2 aromatic rings. The molecule has 0 radical (unpaired) electrons. The molecule has 0 fully saturated rings. The number of nitro benzene ring substituents is 1. The topological polar surface area (TPSA) is 114 Å². The summed E-state index contributed by atoms with van der Waals surface area (Å²) in [7, 11) is 0. The maximum absolute atomic E-state index is 11.8. The predicted octanol–water partition coefficient (Wildman–Crippen LogP) is 4.12. The second-order valence-corrected chi connectivity index (χ2v) is 7.40. The Balaban J connectivity index is 1.99. The third-order valence-corrected chi connectivity index (χ3v) is 4.55. The SMILES string of the molecule is O=C(COc1c(Br)cc(Br)cc1Br)N/N=C/c1cc(O)ccc1[N+](=O)[O-]. The van der Waals surface area contributed by atoms with Crippen molar-refractivity contribution in [3.63, 3.8) is 0 Å². The average Bonchev–Trinajstić information content (AvgIpc) is 2.53. The molecule has 11 heteroatoms. The number of benzene rings is 2. The Labute approximate surface area is 172 Å². The van der Waals surface area contributed by atoms with E-state index in [0.717, 1.165) is 16.8 Å². The fourth-order valence-corrected chi connectivity index (χ4v) is 4.31. The van der Waals surface area contributed by atoms with E-state index < -0.39 is 10.8 Å². The summed E-state index contributed by atoms with van der Waals surface area (Å²) in [6, 6.07) is 7.02. The zero-order valence-electron chi connectivity index (χ0n) is 12.8. The van der Waals surface area contributed by atoms with Gasteiger partial charge in [-0.1, -0.05) is 15.9 Å². The molecule has 2 aromatic carbocycles. The van der Waals surface area contributed by atoms with E-state index >= 15 is 0 Å². The molecule has 0 atom stereocenters. The van der Waals surface area contributed by atoms with Crippen LogP contribution < -0.4 is 10.2 Å². The Hall–Kier alpha value is -1.98. The zero-order chi connectivity index (χ0) is 19.3. The quantitative estimate of drug-likeness (QED) is 0.318. The maximum atomic E-state index is 11.8. The molecule has 0 saturated carbocycles. The number of ether oxygens (including phenoxy) is 1. The van der Waals surface area contributed by atoms with Crippen LogP contribution in [0.15, 0.2) is 48.9 Å². The second-order valence-electron chi connectivity index (χ2n) is 4.78. The number of nitrogens with zero attached hydrogens (tertiary/aromatic N) is 2. The molecule has 0 aromatic heterocycles. The number of rotatable bonds is 6. The molecule has 0 bridgehead atoms. The van der Waals surface area contributed by atoms with Gasteiger partial charge < -0.3 is 9.84 Å². The highest BCUT2D eigenvalue weighted by molar-refractivity contribution is 9.11. The number of hydrazone groups is 1. The third-order valence-electron chi connectivity index (χ3n) is 2.91. The molecule has 0 aliphatic carbocycles. The van der Waals surface area contributed by atoms with Gasteiger partial charge in [-0.25, -0.2) is 5.43 Å². The molecule has 136 valence electrons. The van der Waals surface area contributed by atoms with Crippen LogP contribution in [0.2, 0.25) is 0 Å². The number of carbonyl (C=O) groups excluding carboxylic acids is 1. The van der Waals surface area contributed by atoms with Gasteiger partial charge in [-0.15, -0.1) is 0 Å². The van der Waals surface area contributed by atoms with E-state index in [-0.39, 0.29) is 23.6 Å². The summed E-state index contributed by atoms with van der Waals surface area (Å²) in [5.74, 6) is -0.279. The summed E-state index contributed by atoms with van der Waals surface area (Å²) in [5.41, 5.74) is 2.00. The number of phenolic OH excluding ortho intramolecular Hbond substituents is 1. The lowest BCUT2D eigenvalue weighted by Crippen LogP contribution is -2.24. The van der Waals surface area contributed by atoms with Gasteiger partial charge in [0.1, 0.15) is 11.5 Å². The summed E-state index contributed by atoms with van der Waals surface area (Å²) >= 11 is 9.98. The monoisotopic (exact) mass is 549 g/mol. The Bertz CT molecular complexity index is 866. The first-order chi connectivity index (χ1) is 12.3. The first-order valence-corrected chi connectivity index (χ1v) is 9.22. The molecule has 26 heavy (non-hydrogen) atoms. The number of phenols is 1. The second kappa shape index (κ2) is 9.10. The minimum Gasteiger partial charge on any atom is -0.508 e. The molecule has 1 amide bonds. The van der Waals surface area contributed by atoms with Crippen LogP contribution in [0.1, 0.15) is 5.56 Å². The lowest BCUT2D eigenvalue weighted by atomic mass is 10.2. The molecular formula is C15H10Br3N3O5. The van der Waals surface area contributed by atoms with Crippen molar-refractivity contribution >= 4 is 65.6 Å². The summed E-state index contributed by atoms with van der Waals surface area (Å²) in [6.45, 7) is -0.321. The Kier molecular flexibility index (Phi) is 7.12. The van der Waals surface area contributed by atoms with E-state index in [0.29, 0.717) is 14.7 Å². The number of aromatic hydroxyl groups is 1. The number of nitro groups is 1. The van der Waals surface area contributed by atoms with E-state index in [4.69, 9.17) is 4.74 Å². The van der Waals surface area contributed by atoms with Crippen molar-refractivity contribution in [2.24, 2.45) is 5.10 Å². The fourth-order valence-electron chi connectivity index (χ4n) is 1.82. The zero-order valence-corrected chi connectivity index (χ0v) is 17.5. The Morgan fingerprint density at radius 1 is 1.27 bits per heavy atom. The average molecular weight is 552 g/mol. The van der Waals surface area contributed by atoms with Crippen LogP contribution in [0.5, 0.6) is 11.5 Å². The largest absolute Gasteiger partial charge is 0.508 e. The highest BCUT2D eigenvalue weighted by Crippen LogP contribution is 2.36. The van der Waals surface area contributed by atoms with Crippen LogP contribution >= 0.6 is 47.8 Å². The van der Waals surface area contributed by atoms with Gasteiger partial charge in [0.2, 0.25) is 0 Å². The standard InChI is InChI=1S/C15H10Br3N3O5/c16-9-4-11(17)15(12(18)5-9)26-7-14(23)20-19-6-8-3-10(22)1-2-13(8)21(24)25/h1-6,22H,7H2,(H,20,23)/b19-6+. The maximum Gasteiger partial charge on any atom is 0.278 e. The summed E-state index contributed by atoms with van der Waals surface area (Å²) in [5, 5.41) is 24.0. The lowest BCUT2D eigenvalue weighted by molar-refractivity contribution is -0.385. The van der Waals surface area contributed by atoms with Crippen molar-refractivity contribution < 1.29 is 19.6 Å². The van der Waals surface area contributed by atoms with E-state index in [2.05, 4.69) is 58.3 Å². The fraction of sp³-hybridized carbons (Fsp3) is 0.0667. The molecule has 0 heterocycles. The molecule has 0 saturated heterocycles. The normalized spacial score (nSPS) is 10.7. The van der Waals surface area contributed by atoms with E-state index in [1.165, 1.54) is 12.1 Å². The lowest BCUT2D eigenvalue weighted by Gasteiger charge is -2.09. The molecule has 0 spiro atoms. The molecule has 2 N–H and O–H groups in total. The molecule has 2 rings (SSSR count). The first-order valence-electron chi connectivity index (χ1n) is 6.84. The van der Waals surface area contributed by atoms with Crippen LogP contribution in [0.4, 0.5) is 5.69 Å². The number of amides is 1. The van der Waals surface area contributed by atoms with Crippen molar-refractivity contribution in [2.45, 2.75) is 0 Å². The minimum atomic E-state index is -0.617. The van der Waals surface area contributed by atoms with Crippen molar-refractivity contribution in [1.29, 1.82) is 0 Å². The van der Waals surface area contributed by atoms with E-state index in [9.17, 15) is 20.0 Å². The van der Waals surface area contributed by atoms with E-state index in [1.807, 2.05) is 0 Å².